The maximum Gasteiger partial charge on any atom is 0.253 e. The van der Waals surface area contributed by atoms with Gasteiger partial charge in [0.25, 0.3) is 5.91 Å². The van der Waals surface area contributed by atoms with E-state index in [4.69, 9.17) is 0 Å². The lowest BCUT2D eigenvalue weighted by molar-refractivity contribution is -0.135. The average Bonchev–Trinajstić information content (AvgIpc) is 2.62. The van der Waals surface area contributed by atoms with E-state index in [2.05, 4.69) is 5.32 Å². The first-order valence-electron chi connectivity index (χ1n) is 8.12. The van der Waals surface area contributed by atoms with Crippen molar-refractivity contribution >= 4 is 23.6 Å². The summed E-state index contributed by atoms with van der Waals surface area (Å²) < 4.78 is 0. The van der Waals surface area contributed by atoms with Crippen molar-refractivity contribution in [1.29, 1.82) is 0 Å². The van der Waals surface area contributed by atoms with Gasteiger partial charge in [-0.2, -0.15) is 0 Å². The lowest BCUT2D eigenvalue weighted by atomic mass is 10.0. The van der Waals surface area contributed by atoms with Gasteiger partial charge in [0.2, 0.25) is 5.91 Å². The van der Waals surface area contributed by atoms with Crippen LogP contribution in [0.5, 0.6) is 0 Å². The van der Waals surface area contributed by atoms with E-state index in [9.17, 15) is 9.59 Å². The van der Waals surface area contributed by atoms with Gasteiger partial charge in [0.1, 0.15) is 0 Å². The molecule has 2 saturated heterocycles. The first kappa shape index (κ1) is 16.3. The normalized spacial score (nSPS) is 22.3. The molecule has 0 aromatic heterocycles. The van der Waals surface area contributed by atoms with Crippen LogP contribution in [-0.2, 0) is 4.79 Å². The predicted octanol–water partition coefficient (Wildman–Crippen LogP) is 1.44. The Morgan fingerprint density at radius 2 is 2.04 bits per heavy atom. The van der Waals surface area contributed by atoms with Gasteiger partial charge in [-0.05, 0) is 43.4 Å². The van der Waals surface area contributed by atoms with Gasteiger partial charge in [0, 0.05) is 42.7 Å². The smallest absolute Gasteiger partial charge is 0.253 e. The number of nitrogens with zero attached hydrogens (tertiary/aromatic N) is 2. The highest BCUT2D eigenvalue weighted by molar-refractivity contribution is 7.98. The van der Waals surface area contributed by atoms with Gasteiger partial charge < -0.3 is 15.1 Å². The zero-order valence-electron chi connectivity index (χ0n) is 13.5. The van der Waals surface area contributed by atoms with Crippen molar-refractivity contribution in [3.05, 3.63) is 29.8 Å². The summed E-state index contributed by atoms with van der Waals surface area (Å²) in [5.41, 5.74) is 0.732. The number of hydrogen-bond acceptors (Lipinski definition) is 4. The molecule has 6 heteroatoms. The molecule has 1 unspecified atom stereocenters. The van der Waals surface area contributed by atoms with Crippen molar-refractivity contribution in [2.75, 3.05) is 39.0 Å². The number of thioether (sulfide) groups is 1. The van der Waals surface area contributed by atoms with E-state index in [-0.39, 0.29) is 17.9 Å². The summed E-state index contributed by atoms with van der Waals surface area (Å²) >= 11 is 1.67. The second-order valence-electron chi connectivity index (χ2n) is 6.04. The molecule has 0 radical (unpaired) electrons. The Labute approximate surface area is 141 Å². The van der Waals surface area contributed by atoms with Crippen LogP contribution < -0.4 is 5.32 Å². The summed E-state index contributed by atoms with van der Waals surface area (Å²) in [5, 5.41) is 3.10. The van der Waals surface area contributed by atoms with Crippen LogP contribution in [0.4, 0.5) is 0 Å². The Bertz CT molecular complexity index is 576. The van der Waals surface area contributed by atoms with Crippen LogP contribution in [-0.4, -0.2) is 66.6 Å². The van der Waals surface area contributed by atoms with Gasteiger partial charge in [-0.3, -0.25) is 9.59 Å². The number of nitrogens with one attached hydrogen (secondary N) is 1. The van der Waals surface area contributed by atoms with Gasteiger partial charge in [0.15, 0.2) is 0 Å². The highest BCUT2D eigenvalue weighted by atomic mass is 32.2. The molecule has 2 amide bonds. The second-order valence-corrected chi connectivity index (χ2v) is 6.92. The molecule has 124 valence electrons. The largest absolute Gasteiger partial charge is 0.337 e. The lowest BCUT2D eigenvalue weighted by Crippen LogP contribution is -2.57. The number of likely N-dealkylation sites (tertiary alicyclic amines) is 1. The van der Waals surface area contributed by atoms with Crippen LogP contribution in [0.2, 0.25) is 0 Å². The van der Waals surface area contributed by atoms with E-state index >= 15 is 0 Å². The van der Waals surface area contributed by atoms with E-state index in [0.717, 1.165) is 42.9 Å². The van der Waals surface area contributed by atoms with Gasteiger partial charge in [-0.25, -0.2) is 0 Å². The van der Waals surface area contributed by atoms with E-state index in [1.54, 1.807) is 11.8 Å². The van der Waals surface area contributed by atoms with Crippen molar-refractivity contribution in [2.45, 2.75) is 23.8 Å². The molecule has 1 atom stereocenters. The van der Waals surface area contributed by atoms with Crippen molar-refractivity contribution in [3.8, 4) is 0 Å². The highest BCUT2D eigenvalue weighted by Gasteiger charge is 2.31. The Balaban J connectivity index is 1.67. The lowest BCUT2D eigenvalue weighted by Gasteiger charge is -2.41. The summed E-state index contributed by atoms with van der Waals surface area (Å²) in [6, 6.07) is 7.92. The van der Waals surface area contributed by atoms with Crippen molar-refractivity contribution in [2.24, 2.45) is 0 Å². The first-order chi connectivity index (χ1) is 11.2. The molecule has 2 heterocycles. The topological polar surface area (TPSA) is 52.7 Å². The number of hydrogen-bond donors (Lipinski definition) is 1. The quantitative estimate of drug-likeness (QED) is 0.851. The Morgan fingerprint density at radius 1 is 1.26 bits per heavy atom. The SMILES string of the molecule is CSc1ccc(C(=O)N2CCCC(N3CCNCC3=O)C2)cc1. The minimum absolute atomic E-state index is 0.0740. The molecular formula is C17H23N3O2S. The third-order valence-corrected chi connectivity index (χ3v) is 5.33. The van der Waals surface area contributed by atoms with Gasteiger partial charge >= 0.3 is 0 Å². The molecule has 1 aromatic carbocycles. The van der Waals surface area contributed by atoms with Gasteiger partial charge in [-0.1, -0.05) is 0 Å². The minimum Gasteiger partial charge on any atom is -0.337 e. The molecule has 3 rings (SSSR count). The van der Waals surface area contributed by atoms with Crippen LogP contribution in [0.1, 0.15) is 23.2 Å². The van der Waals surface area contributed by atoms with Crippen molar-refractivity contribution in [3.63, 3.8) is 0 Å². The zero-order chi connectivity index (χ0) is 16.2. The molecule has 1 N–H and O–H groups in total. The number of carbonyl (C=O) groups excluding carboxylic acids is 2. The Morgan fingerprint density at radius 3 is 2.74 bits per heavy atom. The fourth-order valence-electron chi connectivity index (χ4n) is 3.32. The Hall–Kier alpha value is -1.53. The number of carbonyl (C=O) groups is 2. The van der Waals surface area contributed by atoms with Crippen LogP contribution in [0.15, 0.2) is 29.2 Å². The van der Waals surface area contributed by atoms with Gasteiger partial charge in [-0.15, -0.1) is 11.8 Å². The number of amides is 2. The summed E-state index contributed by atoms with van der Waals surface area (Å²) in [5.74, 6) is 0.227. The zero-order valence-corrected chi connectivity index (χ0v) is 14.3. The van der Waals surface area contributed by atoms with E-state index in [0.29, 0.717) is 13.1 Å². The molecule has 2 aliphatic rings. The maximum atomic E-state index is 12.7. The fraction of sp³-hybridized carbons (Fsp3) is 0.529. The highest BCUT2D eigenvalue weighted by Crippen LogP contribution is 2.20. The van der Waals surface area contributed by atoms with E-state index in [1.165, 1.54) is 0 Å². The average molecular weight is 333 g/mol. The summed E-state index contributed by atoms with van der Waals surface area (Å²) in [6.45, 7) is 3.43. The van der Waals surface area contributed by atoms with Crippen LogP contribution in [0, 0.1) is 0 Å². The molecule has 0 saturated carbocycles. The van der Waals surface area contributed by atoms with E-state index < -0.39 is 0 Å². The summed E-state index contributed by atoms with van der Waals surface area (Å²) in [7, 11) is 0. The predicted molar refractivity (Wildman–Crippen MR) is 91.7 cm³/mol. The summed E-state index contributed by atoms with van der Waals surface area (Å²) in [4.78, 5) is 29.8. The van der Waals surface area contributed by atoms with E-state index in [1.807, 2.05) is 40.3 Å². The molecule has 5 nitrogen and oxygen atoms in total. The van der Waals surface area contributed by atoms with Crippen LogP contribution >= 0.6 is 11.8 Å². The number of piperazine rings is 1. The monoisotopic (exact) mass is 333 g/mol. The molecular weight excluding hydrogens is 310 g/mol. The van der Waals surface area contributed by atoms with Crippen molar-refractivity contribution in [1.82, 2.24) is 15.1 Å². The Kier molecular flexibility index (Phi) is 5.23. The number of piperidine rings is 1. The molecule has 0 bridgehead atoms. The molecule has 0 aliphatic carbocycles. The molecule has 0 spiro atoms. The van der Waals surface area contributed by atoms with Crippen LogP contribution in [0.3, 0.4) is 0 Å². The number of rotatable bonds is 3. The third-order valence-electron chi connectivity index (χ3n) is 4.59. The maximum absolute atomic E-state index is 12.7. The van der Waals surface area contributed by atoms with Crippen molar-refractivity contribution < 1.29 is 9.59 Å². The number of benzene rings is 1. The summed E-state index contributed by atoms with van der Waals surface area (Å²) in [6.07, 6.45) is 3.97. The first-order valence-corrected chi connectivity index (χ1v) is 9.35. The minimum atomic E-state index is 0.0740. The molecule has 23 heavy (non-hydrogen) atoms. The fourth-order valence-corrected chi connectivity index (χ4v) is 3.73. The van der Waals surface area contributed by atoms with Gasteiger partial charge in [0.05, 0.1) is 6.54 Å². The molecule has 2 aliphatic heterocycles. The van der Waals surface area contributed by atoms with Crippen LogP contribution in [0.25, 0.3) is 0 Å². The molecule has 2 fully saturated rings. The standard InChI is InChI=1S/C17H23N3O2S/c1-23-15-6-4-13(5-7-15)17(22)19-9-2-3-14(12-19)20-10-8-18-11-16(20)21/h4-7,14,18H,2-3,8-12H2,1H3. The molecule has 1 aromatic rings. The second kappa shape index (κ2) is 7.36. The third kappa shape index (κ3) is 3.70.